The number of aromatic nitrogens is 3. The van der Waals surface area contributed by atoms with E-state index in [0.717, 1.165) is 50.3 Å². The van der Waals surface area contributed by atoms with Gasteiger partial charge in [-0.1, -0.05) is 127 Å². The van der Waals surface area contributed by atoms with Crippen molar-refractivity contribution in [1.82, 2.24) is 14.4 Å². The molecule has 0 spiro atoms. The number of hydrogen-bond donors (Lipinski definition) is 0. The summed E-state index contributed by atoms with van der Waals surface area (Å²) in [5.74, 6) is 0. The third-order valence-corrected chi connectivity index (χ3v) is 7.82. The molecule has 192 valence electrons. The number of nitrogens with zero attached hydrogens (tertiary/aromatic N) is 3. The highest BCUT2D eigenvalue weighted by atomic mass is 15.0. The Balaban J connectivity index is 1.33. The fraction of sp³-hybridized carbons (Fsp3) is 0. The number of rotatable bonds is 4. The van der Waals surface area contributed by atoms with Crippen LogP contribution in [0.2, 0.25) is 0 Å². The zero-order valence-electron chi connectivity index (χ0n) is 22.3. The van der Waals surface area contributed by atoms with E-state index in [-0.39, 0.29) is 0 Å². The molecule has 0 aliphatic rings. The number of hydrogen-bond acceptors (Lipinski definition) is 2. The van der Waals surface area contributed by atoms with E-state index in [1.165, 1.54) is 21.9 Å². The third kappa shape index (κ3) is 3.90. The summed E-state index contributed by atoms with van der Waals surface area (Å²) in [5.41, 5.74) is 10.7. The van der Waals surface area contributed by atoms with Gasteiger partial charge in [0.15, 0.2) is 0 Å². The maximum absolute atomic E-state index is 5.20. The lowest BCUT2D eigenvalue weighted by atomic mass is 9.92. The third-order valence-electron chi connectivity index (χ3n) is 7.82. The van der Waals surface area contributed by atoms with E-state index in [1.807, 2.05) is 12.1 Å². The zero-order valence-corrected chi connectivity index (χ0v) is 22.3. The highest BCUT2D eigenvalue weighted by molar-refractivity contribution is 6.17. The van der Waals surface area contributed by atoms with E-state index >= 15 is 0 Å². The SMILES string of the molecule is c1ccc(-c2nc3ccccn3c2-c2ccc(-c3nc4ccccc4c4c(-c5ccccc5)cccc34)cc2)cc1. The van der Waals surface area contributed by atoms with Crippen molar-refractivity contribution < 1.29 is 0 Å². The molecule has 0 N–H and O–H groups in total. The van der Waals surface area contributed by atoms with Gasteiger partial charge in [0, 0.05) is 39.0 Å². The van der Waals surface area contributed by atoms with E-state index in [0.29, 0.717) is 0 Å². The maximum Gasteiger partial charge on any atom is 0.137 e. The topological polar surface area (TPSA) is 30.2 Å². The van der Waals surface area contributed by atoms with Crippen molar-refractivity contribution in [1.29, 1.82) is 0 Å². The molecule has 0 saturated carbocycles. The van der Waals surface area contributed by atoms with Crippen molar-refractivity contribution >= 4 is 27.3 Å². The van der Waals surface area contributed by atoms with Crippen LogP contribution in [0, 0.1) is 0 Å². The molecule has 8 aromatic rings. The molecule has 3 nitrogen and oxygen atoms in total. The fourth-order valence-electron chi connectivity index (χ4n) is 5.94. The summed E-state index contributed by atoms with van der Waals surface area (Å²) >= 11 is 0. The van der Waals surface area contributed by atoms with Crippen LogP contribution in [-0.4, -0.2) is 14.4 Å². The summed E-state index contributed by atoms with van der Waals surface area (Å²) in [6, 6.07) is 50.9. The van der Waals surface area contributed by atoms with Gasteiger partial charge in [-0.15, -0.1) is 0 Å². The molecule has 0 atom stereocenters. The smallest absolute Gasteiger partial charge is 0.137 e. The molecule has 0 saturated heterocycles. The van der Waals surface area contributed by atoms with Crippen molar-refractivity contribution in [2.75, 3.05) is 0 Å². The Bertz CT molecular complexity index is 2180. The minimum atomic E-state index is 0.932. The van der Waals surface area contributed by atoms with Gasteiger partial charge >= 0.3 is 0 Å². The molecular weight excluding hydrogens is 498 g/mol. The first-order valence-electron chi connectivity index (χ1n) is 13.9. The second kappa shape index (κ2) is 9.58. The lowest BCUT2D eigenvalue weighted by Gasteiger charge is -2.14. The Labute approximate surface area is 238 Å². The Morgan fingerprint density at radius 1 is 0.415 bits per heavy atom. The average Bonchev–Trinajstić information content (AvgIpc) is 3.45. The lowest BCUT2D eigenvalue weighted by Crippen LogP contribution is -1.93. The fourth-order valence-corrected chi connectivity index (χ4v) is 5.94. The van der Waals surface area contributed by atoms with Crippen LogP contribution in [0.5, 0.6) is 0 Å². The summed E-state index contributed by atoms with van der Waals surface area (Å²) in [5, 5.41) is 3.55. The number of benzene rings is 5. The first kappa shape index (κ1) is 23.4. The van der Waals surface area contributed by atoms with Crippen molar-refractivity contribution in [3.8, 4) is 44.9 Å². The van der Waals surface area contributed by atoms with Gasteiger partial charge in [-0.3, -0.25) is 4.40 Å². The van der Waals surface area contributed by atoms with Gasteiger partial charge in [0.25, 0.3) is 0 Å². The van der Waals surface area contributed by atoms with Gasteiger partial charge in [0.05, 0.1) is 22.6 Å². The molecule has 3 heteroatoms. The molecule has 0 bridgehead atoms. The molecule has 0 amide bonds. The normalized spacial score (nSPS) is 11.4. The molecule has 0 aliphatic heterocycles. The lowest BCUT2D eigenvalue weighted by molar-refractivity contribution is 1.19. The summed E-state index contributed by atoms with van der Waals surface area (Å²) in [4.78, 5) is 10.2. The monoisotopic (exact) mass is 523 g/mol. The predicted molar refractivity (Wildman–Crippen MR) is 170 cm³/mol. The minimum Gasteiger partial charge on any atom is -0.299 e. The Hall–Kier alpha value is -5.54. The van der Waals surface area contributed by atoms with Gasteiger partial charge in [-0.25, -0.2) is 9.97 Å². The molecule has 3 heterocycles. The largest absolute Gasteiger partial charge is 0.299 e. The van der Waals surface area contributed by atoms with Crippen molar-refractivity contribution in [2.45, 2.75) is 0 Å². The minimum absolute atomic E-state index is 0.932. The molecule has 5 aromatic carbocycles. The summed E-state index contributed by atoms with van der Waals surface area (Å²) in [6.07, 6.45) is 2.08. The molecule has 3 aromatic heterocycles. The molecule has 0 fully saturated rings. The average molecular weight is 524 g/mol. The quantitative estimate of drug-likeness (QED) is 0.215. The number of fused-ring (bicyclic) bond motifs is 4. The Morgan fingerprint density at radius 2 is 1.05 bits per heavy atom. The maximum atomic E-state index is 5.20. The number of imidazole rings is 1. The molecule has 0 unspecified atom stereocenters. The van der Waals surface area contributed by atoms with E-state index in [1.54, 1.807) is 0 Å². The highest BCUT2D eigenvalue weighted by Crippen LogP contribution is 2.39. The van der Waals surface area contributed by atoms with Gasteiger partial charge in [0.1, 0.15) is 5.65 Å². The van der Waals surface area contributed by atoms with Crippen LogP contribution in [0.3, 0.4) is 0 Å². The van der Waals surface area contributed by atoms with Gasteiger partial charge in [-0.2, -0.15) is 0 Å². The summed E-state index contributed by atoms with van der Waals surface area (Å²) in [7, 11) is 0. The summed E-state index contributed by atoms with van der Waals surface area (Å²) in [6.45, 7) is 0. The van der Waals surface area contributed by atoms with Crippen molar-refractivity contribution in [3.63, 3.8) is 0 Å². The molecule has 41 heavy (non-hydrogen) atoms. The van der Waals surface area contributed by atoms with Gasteiger partial charge < -0.3 is 0 Å². The van der Waals surface area contributed by atoms with E-state index in [9.17, 15) is 0 Å². The zero-order chi connectivity index (χ0) is 27.2. The molecule has 0 radical (unpaired) electrons. The second-order valence-corrected chi connectivity index (χ2v) is 10.3. The summed E-state index contributed by atoms with van der Waals surface area (Å²) < 4.78 is 2.17. The predicted octanol–water partition coefficient (Wildman–Crippen LogP) is 9.70. The van der Waals surface area contributed by atoms with Crippen LogP contribution in [0.25, 0.3) is 72.2 Å². The number of para-hydroxylation sites is 1. The van der Waals surface area contributed by atoms with E-state index in [4.69, 9.17) is 9.97 Å². The molecule has 8 rings (SSSR count). The van der Waals surface area contributed by atoms with Crippen LogP contribution >= 0.6 is 0 Å². The first-order chi connectivity index (χ1) is 20.3. The second-order valence-electron chi connectivity index (χ2n) is 10.3. The van der Waals surface area contributed by atoms with E-state index < -0.39 is 0 Å². The van der Waals surface area contributed by atoms with Gasteiger partial charge in [-0.05, 0) is 29.3 Å². The van der Waals surface area contributed by atoms with Crippen LogP contribution < -0.4 is 0 Å². The van der Waals surface area contributed by atoms with Crippen molar-refractivity contribution in [2.24, 2.45) is 0 Å². The first-order valence-corrected chi connectivity index (χ1v) is 13.9. The van der Waals surface area contributed by atoms with Crippen LogP contribution in [0.15, 0.2) is 152 Å². The van der Waals surface area contributed by atoms with Crippen LogP contribution in [0.1, 0.15) is 0 Å². The van der Waals surface area contributed by atoms with Crippen molar-refractivity contribution in [3.05, 3.63) is 152 Å². The van der Waals surface area contributed by atoms with Crippen LogP contribution in [-0.2, 0) is 0 Å². The van der Waals surface area contributed by atoms with Crippen LogP contribution in [0.4, 0.5) is 0 Å². The van der Waals surface area contributed by atoms with E-state index in [2.05, 4.69) is 144 Å². The Morgan fingerprint density at radius 3 is 1.85 bits per heavy atom. The standard InChI is InChI=1S/C38H25N3/c1-3-12-26(13-4-1)30-17-11-18-32-35(30)31-16-7-8-19-33(31)39-36(32)28-21-23-29(24-22-28)38-37(27-14-5-2-6-15-27)40-34-20-9-10-25-41(34)38/h1-25H. The number of pyridine rings is 2. The highest BCUT2D eigenvalue weighted by Gasteiger charge is 2.17. The van der Waals surface area contributed by atoms with Gasteiger partial charge in [0.2, 0.25) is 0 Å². The molecular formula is C38H25N3. The molecule has 0 aliphatic carbocycles. The Kier molecular flexibility index (Phi) is 5.46.